The molecule has 2 aliphatic rings. The molecule has 2 aromatic rings. The van der Waals surface area contributed by atoms with Gasteiger partial charge in [-0.25, -0.2) is 9.97 Å². The molecule has 0 radical (unpaired) electrons. The van der Waals surface area contributed by atoms with Gasteiger partial charge in [0, 0.05) is 30.9 Å². The molecule has 0 spiro atoms. The summed E-state index contributed by atoms with van der Waals surface area (Å²) in [5.41, 5.74) is 8.15. The van der Waals surface area contributed by atoms with Gasteiger partial charge in [0.2, 0.25) is 0 Å². The first-order valence-electron chi connectivity index (χ1n) is 9.18. The van der Waals surface area contributed by atoms with E-state index in [0.29, 0.717) is 30.0 Å². The van der Waals surface area contributed by atoms with Gasteiger partial charge in [-0.05, 0) is 31.7 Å². The molecule has 0 bridgehead atoms. The van der Waals surface area contributed by atoms with E-state index in [4.69, 9.17) is 15.2 Å². The van der Waals surface area contributed by atoms with Crippen molar-refractivity contribution in [3.8, 4) is 11.8 Å². The van der Waals surface area contributed by atoms with Crippen molar-refractivity contribution in [1.29, 1.82) is 5.26 Å². The van der Waals surface area contributed by atoms with Crippen LogP contribution in [0.25, 0.3) is 10.9 Å². The summed E-state index contributed by atoms with van der Waals surface area (Å²) in [6.45, 7) is 3.09. The van der Waals surface area contributed by atoms with E-state index in [9.17, 15) is 5.26 Å². The Labute approximate surface area is 152 Å². The van der Waals surface area contributed by atoms with Crippen molar-refractivity contribution < 1.29 is 9.47 Å². The summed E-state index contributed by atoms with van der Waals surface area (Å²) in [6.07, 6.45) is 5.35. The molecule has 1 aliphatic carbocycles. The number of benzene rings is 1. The Morgan fingerprint density at radius 1 is 1.15 bits per heavy atom. The van der Waals surface area contributed by atoms with Gasteiger partial charge < -0.3 is 20.1 Å². The molecule has 1 saturated heterocycles. The SMILES string of the molecule is N#Cc1ncnc2cc(N3CCOCC3)cc(OC3CCC(N)CC3)c12. The van der Waals surface area contributed by atoms with Crippen molar-refractivity contribution >= 4 is 16.6 Å². The lowest BCUT2D eigenvalue weighted by molar-refractivity contribution is 0.122. The van der Waals surface area contributed by atoms with Crippen LogP contribution in [0.5, 0.6) is 5.75 Å². The van der Waals surface area contributed by atoms with Gasteiger partial charge in [0.1, 0.15) is 18.1 Å². The molecule has 1 aliphatic heterocycles. The number of nitrogens with two attached hydrogens (primary N) is 1. The second kappa shape index (κ2) is 7.44. The Morgan fingerprint density at radius 2 is 1.92 bits per heavy atom. The molecule has 0 atom stereocenters. The summed E-state index contributed by atoms with van der Waals surface area (Å²) in [6, 6.07) is 6.46. The van der Waals surface area contributed by atoms with E-state index in [1.54, 1.807) is 0 Å². The van der Waals surface area contributed by atoms with Crippen LogP contribution in [0.3, 0.4) is 0 Å². The topological polar surface area (TPSA) is 97.3 Å². The van der Waals surface area contributed by atoms with E-state index in [1.807, 2.05) is 12.1 Å². The van der Waals surface area contributed by atoms with Crippen molar-refractivity contribution in [1.82, 2.24) is 9.97 Å². The zero-order chi connectivity index (χ0) is 17.9. The van der Waals surface area contributed by atoms with E-state index < -0.39 is 0 Å². The van der Waals surface area contributed by atoms with Crippen LogP contribution in [-0.2, 0) is 4.74 Å². The Hall–Kier alpha value is -2.43. The molecule has 1 aromatic heterocycles. The highest BCUT2D eigenvalue weighted by Crippen LogP contribution is 2.35. The summed E-state index contributed by atoms with van der Waals surface area (Å²) in [7, 11) is 0. The van der Waals surface area contributed by atoms with Crippen LogP contribution in [-0.4, -0.2) is 48.4 Å². The molecule has 7 nitrogen and oxygen atoms in total. The van der Waals surface area contributed by atoms with Crippen molar-refractivity contribution in [2.75, 3.05) is 31.2 Å². The lowest BCUT2D eigenvalue weighted by Gasteiger charge is -2.31. The summed E-state index contributed by atoms with van der Waals surface area (Å²) >= 11 is 0. The number of hydrogen-bond acceptors (Lipinski definition) is 7. The summed E-state index contributed by atoms with van der Waals surface area (Å²) in [4.78, 5) is 10.8. The summed E-state index contributed by atoms with van der Waals surface area (Å²) < 4.78 is 11.8. The normalized spacial score (nSPS) is 23.6. The highest BCUT2D eigenvalue weighted by Gasteiger charge is 2.23. The zero-order valence-electron chi connectivity index (χ0n) is 14.7. The highest BCUT2D eigenvalue weighted by atomic mass is 16.5. The van der Waals surface area contributed by atoms with Crippen LogP contribution in [0, 0.1) is 11.3 Å². The minimum atomic E-state index is 0.115. The number of aromatic nitrogens is 2. The van der Waals surface area contributed by atoms with Gasteiger partial charge in [-0.1, -0.05) is 0 Å². The fourth-order valence-corrected chi connectivity index (χ4v) is 3.71. The fourth-order valence-electron chi connectivity index (χ4n) is 3.71. The van der Waals surface area contributed by atoms with Crippen LogP contribution < -0.4 is 15.4 Å². The summed E-state index contributed by atoms with van der Waals surface area (Å²) in [5, 5.41) is 10.2. The number of hydrogen-bond donors (Lipinski definition) is 1. The minimum Gasteiger partial charge on any atom is -0.490 e. The molecule has 7 heteroatoms. The van der Waals surface area contributed by atoms with Gasteiger partial charge >= 0.3 is 0 Å². The molecule has 4 rings (SSSR count). The van der Waals surface area contributed by atoms with E-state index in [-0.39, 0.29) is 12.1 Å². The lowest BCUT2D eigenvalue weighted by Crippen LogP contribution is -2.36. The van der Waals surface area contributed by atoms with Crippen LogP contribution in [0.15, 0.2) is 18.5 Å². The monoisotopic (exact) mass is 353 g/mol. The second-order valence-electron chi connectivity index (χ2n) is 6.93. The predicted octanol–water partition coefficient (Wildman–Crippen LogP) is 1.99. The molecule has 1 saturated carbocycles. The summed E-state index contributed by atoms with van der Waals surface area (Å²) in [5.74, 6) is 0.696. The third-order valence-corrected chi connectivity index (χ3v) is 5.18. The Bertz CT molecular complexity index is 821. The Morgan fingerprint density at radius 3 is 2.65 bits per heavy atom. The van der Waals surface area contributed by atoms with Gasteiger partial charge in [-0.15, -0.1) is 0 Å². The Kier molecular flexibility index (Phi) is 4.87. The molecular formula is C19H23N5O2. The number of fused-ring (bicyclic) bond motifs is 1. The number of nitrogens with zero attached hydrogens (tertiary/aromatic N) is 4. The minimum absolute atomic E-state index is 0.115. The first kappa shape index (κ1) is 17.0. The quantitative estimate of drug-likeness (QED) is 0.901. The van der Waals surface area contributed by atoms with Gasteiger partial charge in [-0.2, -0.15) is 5.26 Å². The fraction of sp³-hybridized carbons (Fsp3) is 0.526. The van der Waals surface area contributed by atoms with Crippen LogP contribution >= 0.6 is 0 Å². The molecule has 26 heavy (non-hydrogen) atoms. The molecule has 2 N–H and O–H groups in total. The van der Waals surface area contributed by atoms with Gasteiger partial charge in [-0.3, -0.25) is 0 Å². The maximum atomic E-state index is 9.48. The third-order valence-electron chi connectivity index (χ3n) is 5.18. The van der Waals surface area contributed by atoms with Crippen molar-refractivity contribution in [2.45, 2.75) is 37.8 Å². The predicted molar refractivity (Wildman–Crippen MR) is 98.1 cm³/mol. The molecule has 2 heterocycles. The van der Waals surface area contributed by atoms with E-state index in [2.05, 4.69) is 20.9 Å². The Balaban J connectivity index is 1.73. The number of morpholine rings is 1. The number of ether oxygens (including phenoxy) is 2. The van der Waals surface area contributed by atoms with Crippen LogP contribution in [0.4, 0.5) is 5.69 Å². The molecule has 136 valence electrons. The molecule has 0 unspecified atom stereocenters. The van der Waals surface area contributed by atoms with E-state index in [1.165, 1.54) is 6.33 Å². The van der Waals surface area contributed by atoms with Gasteiger partial charge in [0.15, 0.2) is 5.69 Å². The highest BCUT2D eigenvalue weighted by molar-refractivity contribution is 5.92. The maximum Gasteiger partial charge on any atom is 0.155 e. The number of rotatable bonds is 3. The number of nitriles is 1. The third kappa shape index (κ3) is 3.43. The first-order chi connectivity index (χ1) is 12.7. The smallest absolute Gasteiger partial charge is 0.155 e. The van der Waals surface area contributed by atoms with E-state index >= 15 is 0 Å². The molecule has 0 amide bonds. The van der Waals surface area contributed by atoms with Crippen molar-refractivity contribution in [2.24, 2.45) is 5.73 Å². The van der Waals surface area contributed by atoms with Crippen molar-refractivity contribution in [3.05, 3.63) is 24.2 Å². The standard InChI is InChI=1S/C19H23N5O2/c20-11-17-19-16(22-12-23-17)9-14(24-5-7-25-8-6-24)10-18(19)26-15-3-1-13(21)2-4-15/h9-10,12-13,15H,1-8,21H2. The lowest BCUT2D eigenvalue weighted by atomic mass is 9.93. The van der Waals surface area contributed by atoms with E-state index in [0.717, 1.165) is 50.0 Å². The largest absolute Gasteiger partial charge is 0.490 e. The van der Waals surface area contributed by atoms with Crippen molar-refractivity contribution in [3.63, 3.8) is 0 Å². The zero-order valence-corrected chi connectivity index (χ0v) is 14.7. The van der Waals surface area contributed by atoms with Gasteiger partial charge in [0.05, 0.1) is 30.2 Å². The molecule has 1 aromatic carbocycles. The van der Waals surface area contributed by atoms with Crippen LogP contribution in [0.2, 0.25) is 0 Å². The average Bonchev–Trinajstić information content (AvgIpc) is 2.69. The van der Waals surface area contributed by atoms with Gasteiger partial charge in [0.25, 0.3) is 0 Å². The number of anilines is 1. The second-order valence-corrected chi connectivity index (χ2v) is 6.93. The van der Waals surface area contributed by atoms with Crippen LogP contribution in [0.1, 0.15) is 31.4 Å². The average molecular weight is 353 g/mol. The maximum absolute atomic E-state index is 9.48. The molecular weight excluding hydrogens is 330 g/mol. The first-order valence-corrected chi connectivity index (χ1v) is 9.18. The molecule has 2 fully saturated rings.